The molecule has 0 aliphatic carbocycles. The Hall–Kier alpha value is -1.19. The Kier molecular flexibility index (Phi) is 4.72. The van der Waals surface area contributed by atoms with E-state index in [0.717, 1.165) is 17.1 Å². The molecule has 3 heteroatoms. The lowest BCUT2D eigenvalue weighted by atomic mass is 9.99. The lowest BCUT2D eigenvalue weighted by molar-refractivity contribution is 0.645. The minimum absolute atomic E-state index is 0.201. The molecule has 0 aliphatic heterocycles. The standard InChI is InChI=1S/C16H22N2S/c1-11(2)9-13-5-7-14(8-6-13)15(17-4)16-18-12(3)10-19-16/h5-8,10-11,15,17H,9H2,1-4H3. The van der Waals surface area contributed by atoms with Crippen molar-refractivity contribution in [2.75, 3.05) is 7.05 Å². The third-order valence-corrected chi connectivity index (χ3v) is 4.16. The van der Waals surface area contributed by atoms with Crippen molar-refractivity contribution in [3.05, 3.63) is 51.5 Å². The minimum atomic E-state index is 0.201. The average Bonchev–Trinajstić information content (AvgIpc) is 2.78. The summed E-state index contributed by atoms with van der Waals surface area (Å²) in [6.07, 6.45) is 1.14. The van der Waals surface area contributed by atoms with Crippen molar-refractivity contribution in [2.45, 2.75) is 33.2 Å². The van der Waals surface area contributed by atoms with E-state index in [2.05, 4.69) is 53.8 Å². The van der Waals surface area contributed by atoms with Gasteiger partial charge in [0.25, 0.3) is 0 Å². The van der Waals surface area contributed by atoms with E-state index in [-0.39, 0.29) is 6.04 Å². The Balaban J connectivity index is 2.19. The van der Waals surface area contributed by atoms with Crippen molar-refractivity contribution in [1.29, 1.82) is 0 Å². The van der Waals surface area contributed by atoms with Crippen molar-refractivity contribution >= 4 is 11.3 Å². The third-order valence-electron chi connectivity index (χ3n) is 3.13. The highest BCUT2D eigenvalue weighted by atomic mass is 32.1. The molecule has 0 amide bonds. The summed E-state index contributed by atoms with van der Waals surface area (Å²) in [7, 11) is 1.99. The second kappa shape index (κ2) is 6.31. The first-order chi connectivity index (χ1) is 9.10. The van der Waals surface area contributed by atoms with Crippen LogP contribution >= 0.6 is 11.3 Å². The molecular formula is C16H22N2S. The van der Waals surface area contributed by atoms with Gasteiger partial charge in [0.05, 0.1) is 6.04 Å². The number of aromatic nitrogens is 1. The summed E-state index contributed by atoms with van der Waals surface area (Å²) in [4.78, 5) is 4.59. The molecule has 2 rings (SSSR count). The maximum Gasteiger partial charge on any atom is 0.114 e. The molecule has 2 nitrogen and oxygen atoms in total. The van der Waals surface area contributed by atoms with Crippen LogP contribution in [0.1, 0.15) is 41.7 Å². The summed E-state index contributed by atoms with van der Waals surface area (Å²) in [6.45, 7) is 6.55. The molecule has 2 aromatic rings. The van der Waals surface area contributed by atoms with Gasteiger partial charge in [-0.3, -0.25) is 0 Å². The van der Waals surface area contributed by atoms with Crippen molar-refractivity contribution < 1.29 is 0 Å². The van der Waals surface area contributed by atoms with Crippen LogP contribution in [0.4, 0.5) is 0 Å². The van der Waals surface area contributed by atoms with E-state index in [1.165, 1.54) is 11.1 Å². The number of aryl methyl sites for hydroxylation is 1. The molecule has 19 heavy (non-hydrogen) atoms. The second-order valence-electron chi connectivity index (χ2n) is 5.39. The van der Waals surface area contributed by atoms with Crippen molar-refractivity contribution in [3.63, 3.8) is 0 Å². The predicted octanol–water partition coefficient (Wildman–Crippen LogP) is 3.96. The molecule has 102 valence electrons. The number of rotatable bonds is 5. The fourth-order valence-corrected chi connectivity index (χ4v) is 3.19. The summed E-state index contributed by atoms with van der Waals surface area (Å²) in [6, 6.07) is 9.11. The molecule has 1 aromatic carbocycles. The summed E-state index contributed by atoms with van der Waals surface area (Å²) in [5.41, 5.74) is 3.78. The topological polar surface area (TPSA) is 24.9 Å². The smallest absolute Gasteiger partial charge is 0.114 e. The average molecular weight is 274 g/mol. The number of benzene rings is 1. The normalized spacial score (nSPS) is 12.9. The van der Waals surface area contributed by atoms with Crippen LogP contribution in [-0.4, -0.2) is 12.0 Å². The zero-order chi connectivity index (χ0) is 13.8. The summed E-state index contributed by atoms with van der Waals surface area (Å²) in [5.74, 6) is 0.701. The molecule has 0 spiro atoms. The largest absolute Gasteiger partial charge is 0.307 e. The maximum atomic E-state index is 4.59. The zero-order valence-corrected chi connectivity index (χ0v) is 12.9. The number of nitrogens with one attached hydrogen (secondary N) is 1. The van der Waals surface area contributed by atoms with Gasteiger partial charge < -0.3 is 5.32 Å². The predicted molar refractivity (Wildman–Crippen MR) is 82.7 cm³/mol. The highest BCUT2D eigenvalue weighted by Gasteiger charge is 2.15. The molecule has 0 saturated carbocycles. The Bertz CT molecular complexity index is 514. The van der Waals surface area contributed by atoms with Gasteiger partial charge in [0.15, 0.2) is 0 Å². The van der Waals surface area contributed by atoms with Gasteiger partial charge in [0, 0.05) is 11.1 Å². The maximum absolute atomic E-state index is 4.59. The SMILES string of the molecule is CNC(c1ccc(CC(C)C)cc1)c1nc(C)cs1. The fourth-order valence-electron chi connectivity index (χ4n) is 2.26. The summed E-state index contributed by atoms with van der Waals surface area (Å²) < 4.78 is 0. The number of hydrogen-bond donors (Lipinski definition) is 1. The summed E-state index contributed by atoms with van der Waals surface area (Å²) >= 11 is 1.72. The van der Waals surface area contributed by atoms with Crippen LogP contribution in [0.25, 0.3) is 0 Å². The number of hydrogen-bond acceptors (Lipinski definition) is 3. The van der Waals surface area contributed by atoms with E-state index in [1.54, 1.807) is 11.3 Å². The summed E-state index contributed by atoms with van der Waals surface area (Å²) in [5, 5.41) is 6.60. The van der Waals surface area contributed by atoms with Crippen LogP contribution in [0.3, 0.4) is 0 Å². The monoisotopic (exact) mass is 274 g/mol. The zero-order valence-electron chi connectivity index (χ0n) is 12.1. The lowest BCUT2D eigenvalue weighted by Gasteiger charge is -2.15. The molecular weight excluding hydrogens is 252 g/mol. The van der Waals surface area contributed by atoms with E-state index in [9.17, 15) is 0 Å². The van der Waals surface area contributed by atoms with E-state index in [1.807, 2.05) is 14.0 Å². The van der Waals surface area contributed by atoms with Gasteiger partial charge in [0.1, 0.15) is 5.01 Å². The third kappa shape index (κ3) is 3.64. The van der Waals surface area contributed by atoms with Crippen LogP contribution in [0, 0.1) is 12.8 Å². The van der Waals surface area contributed by atoms with E-state index >= 15 is 0 Å². The Morgan fingerprint density at radius 1 is 1.21 bits per heavy atom. The minimum Gasteiger partial charge on any atom is -0.307 e. The van der Waals surface area contributed by atoms with Crippen LogP contribution in [-0.2, 0) is 6.42 Å². The number of thiazole rings is 1. The quantitative estimate of drug-likeness (QED) is 0.892. The molecule has 0 aliphatic rings. The molecule has 0 radical (unpaired) electrons. The van der Waals surface area contributed by atoms with Crippen molar-refractivity contribution in [1.82, 2.24) is 10.3 Å². The molecule has 1 N–H and O–H groups in total. The Morgan fingerprint density at radius 3 is 2.37 bits per heavy atom. The van der Waals surface area contributed by atoms with E-state index in [0.29, 0.717) is 5.92 Å². The van der Waals surface area contributed by atoms with E-state index in [4.69, 9.17) is 0 Å². The van der Waals surface area contributed by atoms with Gasteiger partial charge in [-0.1, -0.05) is 38.1 Å². The number of nitrogens with zero attached hydrogens (tertiary/aromatic N) is 1. The molecule has 0 saturated heterocycles. The van der Waals surface area contributed by atoms with Crippen molar-refractivity contribution in [3.8, 4) is 0 Å². The van der Waals surface area contributed by atoms with Gasteiger partial charge in [0.2, 0.25) is 0 Å². The first-order valence-electron chi connectivity index (χ1n) is 6.78. The van der Waals surface area contributed by atoms with Gasteiger partial charge >= 0.3 is 0 Å². The molecule has 1 aromatic heterocycles. The van der Waals surface area contributed by atoms with Crippen LogP contribution in [0.15, 0.2) is 29.6 Å². The molecule has 0 bridgehead atoms. The molecule has 1 heterocycles. The highest BCUT2D eigenvalue weighted by Crippen LogP contribution is 2.25. The van der Waals surface area contributed by atoms with Gasteiger partial charge in [-0.15, -0.1) is 11.3 Å². The Morgan fingerprint density at radius 2 is 1.89 bits per heavy atom. The van der Waals surface area contributed by atoms with Crippen LogP contribution < -0.4 is 5.32 Å². The molecule has 1 atom stereocenters. The van der Waals surface area contributed by atoms with Crippen LogP contribution in [0.2, 0.25) is 0 Å². The van der Waals surface area contributed by atoms with E-state index < -0.39 is 0 Å². The first-order valence-corrected chi connectivity index (χ1v) is 7.66. The van der Waals surface area contributed by atoms with Gasteiger partial charge in [-0.2, -0.15) is 0 Å². The lowest BCUT2D eigenvalue weighted by Crippen LogP contribution is -2.17. The fraction of sp³-hybridized carbons (Fsp3) is 0.438. The van der Waals surface area contributed by atoms with Gasteiger partial charge in [-0.05, 0) is 37.4 Å². The molecule has 1 unspecified atom stereocenters. The Labute approximate surface area is 119 Å². The highest BCUT2D eigenvalue weighted by molar-refractivity contribution is 7.09. The van der Waals surface area contributed by atoms with Crippen molar-refractivity contribution in [2.24, 2.45) is 5.92 Å². The van der Waals surface area contributed by atoms with Gasteiger partial charge in [-0.25, -0.2) is 4.98 Å². The first kappa shape index (κ1) is 14.2. The molecule has 0 fully saturated rings. The van der Waals surface area contributed by atoms with Crippen LogP contribution in [0.5, 0.6) is 0 Å². The second-order valence-corrected chi connectivity index (χ2v) is 6.28.